The van der Waals surface area contributed by atoms with Crippen LogP contribution in [0.1, 0.15) is 71.1 Å². The van der Waals surface area contributed by atoms with Gasteiger partial charge in [0, 0.05) is 11.6 Å². The molecule has 0 atom stereocenters. The quantitative estimate of drug-likeness (QED) is 0.322. The van der Waals surface area contributed by atoms with Crippen LogP contribution in [0.4, 0.5) is 0 Å². The Hall–Kier alpha value is -2.55. The highest BCUT2D eigenvalue weighted by Gasteiger charge is 2.37. The van der Waals surface area contributed by atoms with E-state index in [-0.39, 0.29) is 10.8 Å². The highest BCUT2D eigenvalue weighted by atomic mass is 16.5. The van der Waals surface area contributed by atoms with E-state index in [0.717, 1.165) is 24.2 Å². The standard InChI is InChI=1S/C26H34O3/c1-7-8-15-29-23-18-22-21(25(3,4)13-14-26(22,5)6)17-20(23)12-10-9-11-19(2)16-24(27)28/h7-12,16-18H,13-15H2,1-6H3,(H,27,28)/b8-7+,11-9+,12-10+,19-16+. The fourth-order valence-corrected chi connectivity index (χ4v) is 3.71. The molecule has 1 aliphatic carbocycles. The summed E-state index contributed by atoms with van der Waals surface area (Å²) in [6, 6.07) is 4.49. The maximum Gasteiger partial charge on any atom is 0.328 e. The summed E-state index contributed by atoms with van der Waals surface area (Å²) < 4.78 is 6.08. The number of rotatable bonds is 7. The van der Waals surface area contributed by atoms with Crippen LogP contribution in [0.5, 0.6) is 5.75 Å². The average Bonchev–Trinajstić information content (AvgIpc) is 2.62. The summed E-state index contributed by atoms with van der Waals surface area (Å²) in [5.41, 5.74) is 4.76. The Morgan fingerprint density at radius 1 is 1.10 bits per heavy atom. The van der Waals surface area contributed by atoms with E-state index in [4.69, 9.17) is 9.84 Å². The number of hydrogen-bond donors (Lipinski definition) is 1. The SMILES string of the molecule is C/C=C/COc1cc2c(cc1/C=C/C=C/C(C)=C/C(=O)O)C(C)(C)CCC2(C)C. The van der Waals surface area contributed by atoms with Gasteiger partial charge < -0.3 is 9.84 Å². The first kappa shape index (κ1) is 22.7. The van der Waals surface area contributed by atoms with Crippen molar-refractivity contribution < 1.29 is 14.6 Å². The Morgan fingerprint density at radius 2 is 1.72 bits per heavy atom. The summed E-state index contributed by atoms with van der Waals surface area (Å²) in [6.07, 6.45) is 15.1. The fraction of sp³-hybridized carbons (Fsp3) is 0.423. The van der Waals surface area contributed by atoms with Gasteiger partial charge in [0.05, 0.1) is 0 Å². The molecule has 156 valence electrons. The molecule has 0 fully saturated rings. The molecule has 1 aromatic carbocycles. The Morgan fingerprint density at radius 3 is 2.31 bits per heavy atom. The number of benzene rings is 1. The van der Waals surface area contributed by atoms with Crippen LogP contribution in [0.25, 0.3) is 6.08 Å². The maximum absolute atomic E-state index is 10.7. The molecular formula is C26H34O3. The summed E-state index contributed by atoms with van der Waals surface area (Å²) in [4.78, 5) is 10.7. The topological polar surface area (TPSA) is 46.5 Å². The van der Waals surface area contributed by atoms with E-state index in [1.165, 1.54) is 17.2 Å². The first-order chi connectivity index (χ1) is 13.6. The highest BCUT2D eigenvalue weighted by molar-refractivity contribution is 5.81. The lowest BCUT2D eigenvalue weighted by Gasteiger charge is -2.42. The molecule has 0 aromatic heterocycles. The highest BCUT2D eigenvalue weighted by Crippen LogP contribution is 2.47. The third-order valence-corrected chi connectivity index (χ3v) is 5.65. The molecule has 0 spiro atoms. The van der Waals surface area contributed by atoms with Crippen molar-refractivity contribution in [1.29, 1.82) is 0 Å². The first-order valence-electron chi connectivity index (χ1n) is 10.3. The molecule has 1 aliphatic rings. The zero-order valence-corrected chi connectivity index (χ0v) is 18.6. The van der Waals surface area contributed by atoms with Crippen LogP contribution >= 0.6 is 0 Å². The first-order valence-corrected chi connectivity index (χ1v) is 10.3. The van der Waals surface area contributed by atoms with Crippen LogP contribution in [0, 0.1) is 0 Å². The molecular weight excluding hydrogens is 360 g/mol. The van der Waals surface area contributed by atoms with Crippen molar-refractivity contribution >= 4 is 12.0 Å². The monoisotopic (exact) mass is 394 g/mol. The normalized spacial score (nSPS) is 18.5. The van der Waals surface area contributed by atoms with Gasteiger partial charge in [-0.05, 0) is 66.4 Å². The van der Waals surface area contributed by atoms with Crippen LogP contribution in [-0.4, -0.2) is 17.7 Å². The molecule has 0 saturated carbocycles. The van der Waals surface area contributed by atoms with Crippen LogP contribution in [0.3, 0.4) is 0 Å². The summed E-state index contributed by atoms with van der Waals surface area (Å²) in [5, 5.41) is 8.81. The Bertz CT molecular complexity index is 864. The van der Waals surface area contributed by atoms with Crippen molar-refractivity contribution in [2.24, 2.45) is 0 Å². The van der Waals surface area contributed by atoms with Gasteiger partial charge in [0.2, 0.25) is 0 Å². The van der Waals surface area contributed by atoms with Crippen LogP contribution in [0.2, 0.25) is 0 Å². The van der Waals surface area contributed by atoms with Gasteiger partial charge in [-0.2, -0.15) is 0 Å². The number of aliphatic carboxylic acids is 1. The second-order valence-electron chi connectivity index (χ2n) is 9.03. The van der Waals surface area contributed by atoms with E-state index in [1.807, 2.05) is 37.3 Å². The number of ether oxygens (including phenoxy) is 1. The molecule has 0 bridgehead atoms. The molecule has 3 nitrogen and oxygen atoms in total. The van der Waals surface area contributed by atoms with E-state index >= 15 is 0 Å². The van der Waals surface area contributed by atoms with E-state index < -0.39 is 5.97 Å². The third-order valence-electron chi connectivity index (χ3n) is 5.65. The maximum atomic E-state index is 10.7. The lowest BCUT2D eigenvalue weighted by atomic mass is 9.63. The van der Waals surface area contributed by atoms with Crippen LogP contribution < -0.4 is 4.74 Å². The van der Waals surface area contributed by atoms with E-state index in [9.17, 15) is 4.79 Å². The molecule has 0 radical (unpaired) electrons. The fourth-order valence-electron chi connectivity index (χ4n) is 3.71. The predicted octanol–water partition coefficient (Wildman–Crippen LogP) is 6.59. The molecule has 2 rings (SSSR count). The van der Waals surface area contributed by atoms with Crippen molar-refractivity contribution in [2.45, 2.75) is 65.2 Å². The van der Waals surface area contributed by atoms with Gasteiger partial charge in [0.25, 0.3) is 0 Å². The zero-order valence-electron chi connectivity index (χ0n) is 18.6. The van der Waals surface area contributed by atoms with E-state index in [0.29, 0.717) is 12.2 Å². The summed E-state index contributed by atoms with van der Waals surface area (Å²) in [6.45, 7) is 13.5. The smallest absolute Gasteiger partial charge is 0.328 e. The van der Waals surface area contributed by atoms with Gasteiger partial charge in [0.15, 0.2) is 0 Å². The average molecular weight is 395 g/mol. The summed E-state index contributed by atoms with van der Waals surface area (Å²) in [7, 11) is 0. The Balaban J connectivity index is 2.45. The largest absolute Gasteiger partial charge is 0.489 e. The van der Waals surface area contributed by atoms with Gasteiger partial charge >= 0.3 is 5.97 Å². The van der Waals surface area contributed by atoms with Crippen molar-refractivity contribution in [3.05, 3.63) is 70.9 Å². The van der Waals surface area contributed by atoms with Crippen molar-refractivity contribution in [3.8, 4) is 5.75 Å². The molecule has 0 unspecified atom stereocenters. The van der Waals surface area contributed by atoms with E-state index in [2.05, 4.69) is 39.8 Å². The van der Waals surface area contributed by atoms with Gasteiger partial charge in [-0.15, -0.1) is 0 Å². The van der Waals surface area contributed by atoms with Gasteiger partial charge in [-0.3, -0.25) is 0 Å². The second kappa shape index (κ2) is 9.30. The minimum atomic E-state index is -0.935. The van der Waals surface area contributed by atoms with Crippen LogP contribution in [0.15, 0.2) is 54.2 Å². The number of allylic oxidation sites excluding steroid dienone is 5. The predicted molar refractivity (Wildman–Crippen MR) is 122 cm³/mol. The number of hydrogen-bond acceptors (Lipinski definition) is 2. The molecule has 1 aromatic rings. The number of carbonyl (C=O) groups is 1. The molecule has 3 heteroatoms. The van der Waals surface area contributed by atoms with Gasteiger partial charge in [0.1, 0.15) is 12.4 Å². The molecule has 0 heterocycles. The third kappa shape index (κ3) is 5.96. The van der Waals surface area contributed by atoms with E-state index in [1.54, 1.807) is 13.0 Å². The minimum Gasteiger partial charge on any atom is -0.489 e. The zero-order chi connectivity index (χ0) is 21.7. The Kier molecular flexibility index (Phi) is 7.29. The van der Waals surface area contributed by atoms with Gasteiger partial charge in [-0.1, -0.05) is 64.2 Å². The number of fused-ring (bicyclic) bond motifs is 1. The summed E-state index contributed by atoms with van der Waals surface area (Å²) >= 11 is 0. The second-order valence-corrected chi connectivity index (χ2v) is 9.03. The summed E-state index contributed by atoms with van der Waals surface area (Å²) in [5.74, 6) is -0.0506. The Labute approximate surface area is 175 Å². The number of carboxylic acid groups (broad SMARTS) is 1. The van der Waals surface area contributed by atoms with Crippen molar-refractivity contribution in [3.63, 3.8) is 0 Å². The molecule has 0 amide bonds. The van der Waals surface area contributed by atoms with Crippen molar-refractivity contribution in [2.75, 3.05) is 6.61 Å². The lowest BCUT2D eigenvalue weighted by molar-refractivity contribution is -0.131. The molecule has 1 N–H and O–H groups in total. The van der Waals surface area contributed by atoms with Crippen LogP contribution in [-0.2, 0) is 15.6 Å². The number of carboxylic acids is 1. The lowest BCUT2D eigenvalue weighted by Crippen LogP contribution is -2.34. The molecule has 0 saturated heterocycles. The molecule has 29 heavy (non-hydrogen) atoms. The van der Waals surface area contributed by atoms with Gasteiger partial charge in [-0.25, -0.2) is 4.79 Å². The minimum absolute atomic E-state index is 0.129. The molecule has 0 aliphatic heterocycles. The van der Waals surface area contributed by atoms with Crippen molar-refractivity contribution in [1.82, 2.24) is 0 Å².